The van der Waals surface area contributed by atoms with Crippen LogP contribution in [0.4, 0.5) is 23.3 Å². The summed E-state index contributed by atoms with van der Waals surface area (Å²) in [5.41, 5.74) is 13.5. The van der Waals surface area contributed by atoms with E-state index in [0.29, 0.717) is 46.3 Å². The molecule has 0 aromatic carbocycles. The van der Waals surface area contributed by atoms with Crippen molar-refractivity contribution in [1.29, 1.82) is 0 Å². The van der Waals surface area contributed by atoms with E-state index in [1.807, 2.05) is 27.7 Å². The molecule has 14 nitrogen and oxygen atoms in total. The molecular weight excluding hydrogens is 576 g/mol. The second-order valence-electron chi connectivity index (χ2n) is 10.4. The number of ether oxygens (including phenoxy) is 2. The first-order valence-corrected chi connectivity index (χ1v) is 14.0. The lowest BCUT2D eigenvalue weighted by atomic mass is 10.0. The third-order valence-corrected chi connectivity index (χ3v) is 6.02. The molecule has 0 radical (unpaired) electrons. The third kappa shape index (κ3) is 9.68. The number of nitrogens with zero attached hydrogens (tertiary/aromatic N) is 6. The van der Waals surface area contributed by atoms with Gasteiger partial charge in [0.1, 0.15) is 34.8 Å². The lowest BCUT2D eigenvalue weighted by Crippen LogP contribution is -2.09. The molecule has 2 amide bonds. The fraction of sp³-hybridized carbons (Fsp3) is 0.290. The number of pyridine rings is 2. The monoisotopic (exact) mass is 614 g/mol. The molecule has 0 aliphatic rings. The normalized spacial score (nSPS) is 10.5. The molecule has 0 bridgehead atoms. The minimum atomic E-state index is -0.348. The van der Waals surface area contributed by atoms with E-state index in [4.69, 9.17) is 20.9 Å². The van der Waals surface area contributed by atoms with Gasteiger partial charge in [0.05, 0.1) is 12.4 Å². The van der Waals surface area contributed by atoms with Crippen LogP contribution in [0.25, 0.3) is 0 Å². The molecule has 4 rings (SSSR count). The highest BCUT2D eigenvalue weighted by Crippen LogP contribution is 2.34. The number of carbonyl (C=O) groups excluding carboxylic acids is 2. The number of nitrogens with one attached hydrogen (secondary N) is 2. The number of hydrogen-bond donors (Lipinski definition) is 4. The van der Waals surface area contributed by atoms with Gasteiger partial charge >= 0.3 is 0 Å². The number of hydrogen-bond acceptors (Lipinski definition) is 12. The zero-order valence-corrected chi connectivity index (χ0v) is 26.4. The van der Waals surface area contributed by atoms with E-state index >= 15 is 0 Å². The Kier molecular flexibility index (Phi) is 11.4. The molecule has 6 N–H and O–H groups in total. The fourth-order valence-corrected chi connectivity index (χ4v) is 3.78. The van der Waals surface area contributed by atoms with Crippen molar-refractivity contribution >= 4 is 35.1 Å². The number of anilines is 4. The van der Waals surface area contributed by atoms with Crippen molar-refractivity contribution in [2.24, 2.45) is 0 Å². The molecular formula is C31H38N10O4. The van der Waals surface area contributed by atoms with Crippen LogP contribution in [-0.4, -0.2) is 41.7 Å². The minimum absolute atomic E-state index is 0.175. The van der Waals surface area contributed by atoms with Crippen LogP contribution in [0.15, 0.2) is 49.6 Å². The molecule has 45 heavy (non-hydrogen) atoms. The summed E-state index contributed by atoms with van der Waals surface area (Å²) in [5.74, 6) is 4.07. The van der Waals surface area contributed by atoms with Gasteiger partial charge in [-0.2, -0.15) is 0 Å². The van der Waals surface area contributed by atoms with Crippen LogP contribution in [-0.2, 0) is 9.59 Å². The molecule has 0 aliphatic carbocycles. The summed E-state index contributed by atoms with van der Waals surface area (Å²) in [5, 5.41) is 5.23. The number of rotatable bonds is 9. The zero-order valence-electron chi connectivity index (χ0n) is 26.4. The summed E-state index contributed by atoms with van der Waals surface area (Å²) >= 11 is 0. The predicted octanol–water partition coefficient (Wildman–Crippen LogP) is 5.44. The first kappa shape index (κ1) is 33.8. The average molecular weight is 615 g/mol. The van der Waals surface area contributed by atoms with E-state index in [1.54, 1.807) is 38.4 Å². The van der Waals surface area contributed by atoms with Crippen LogP contribution >= 0.6 is 0 Å². The maximum absolute atomic E-state index is 11.4. The molecule has 0 fully saturated rings. The number of nitrogens with two attached hydrogens (primary N) is 2. The maximum atomic E-state index is 11.4. The van der Waals surface area contributed by atoms with Crippen molar-refractivity contribution in [2.75, 3.05) is 22.1 Å². The summed E-state index contributed by atoms with van der Waals surface area (Å²) in [6.07, 6.45) is 7.55. The number of nitrogen functional groups attached to an aromatic ring is 2. The summed E-state index contributed by atoms with van der Waals surface area (Å²) in [6, 6.07) is 3.30. The largest absolute Gasteiger partial charge is 0.451 e. The van der Waals surface area contributed by atoms with E-state index in [-0.39, 0.29) is 35.3 Å². The van der Waals surface area contributed by atoms with E-state index in [1.165, 1.54) is 25.4 Å². The first-order chi connectivity index (χ1) is 21.3. The fourth-order valence-electron chi connectivity index (χ4n) is 3.78. The Morgan fingerprint density at radius 3 is 1.51 bits per heavy atom. The number of carbonyl (C=O) groups is 2. The lowest BCUT2D eigenvalue weighted by Gasteiger charge is -2.15. The van der Waals surface area contributed by atoms with E-state index in [2.05, 4.69) is 47.1 Å². The second kappa shape index (κ2) is 15.2. The van der Waals surface area contributed by atoms with Crippen LogP contribution in [0.3, 0.4) is 0 Å². The van der Waals surface area contributed by atoms with Gasteiger partial charge in [-0.1, -0.05) is 34.3 Å². The van der Waals surface area contributed by atoms with Gasteiger partial charge in [0.2, 0.25) is 11.8 Å². The predicted molar refractivity (Wildman–Crippen MR) is 172 cm³/mol. The van der Waals surface area contributed by atoms with Crippen molar-refractivity contribution in [3.8, 4) is 23.0 Å². The van der Waals surface area contributed by atoms with Gasteiger partial charge in [0.15, 0.2) is 23.1 Å². The summed E-state index contributed by atoms with van der Waals surface area (Å²) in [4.78, 5) is 47.3. The molecule has 0 saturated carbocycles. The molecule has 0 unspecified atom stereocenters. The molecule has 14 heteroatoms. The number of aromatic nitrogens is 6. The zero-order chi connectivity index (χ0) is 33.3. The Morgan fingerprint density at radius 2 is 1.16 bits per heavy atom. The maximum Gasteiger partial charge on any atom is 0.248 e. The minimum Gasteiger partial charge on any atom is -0.451 e. The van der Waals surface area contributed by atoms with Gasteiger partial charge in [-0.15, -0.1) is 0 Å². The standard InChI is InChI=1S/C16H19N5O2.C15H19N5O2/c1-5-15(22)21-14-6-12(11(7-19-14)9(2)3)23-13-8-18-10(4)20-16(13)17;1-8(2)11-6-18-14(20-10(4)21)5-12(11)22-13-7-17-9(3)19-15(13)16/h5-9H,1H2,2-4H3,(H2,17,18,20)(H,19,21,22);5-8H,1-4H3,(H2,16,17,19)(H,18,20,21). The topological polar surface area (TPSA) is 206 Å². The van der Waals surface area contributed by atoms with E-state index in [0.717, 1.165) is 11.1 Å². The van der Waals surface area contributed by atoms with Crippen molar-refractivity contribution in [3.63, 3.8) is 0 Å². The Bertz CT molecular complexity index is 1690. The Hall–Kier alpha value is -5.66. The smallest absolute Gasteiger partial charge is 0.248 e. The van der Waals surface area contributed by atoms with Gasteiger partial charge in [-0.05, 0) is 31.8 Å². The molecule has 4 heterocycles. The summed E-state index contributed by atoms with van der Waals surface area (Å²) < 4.78 is 11.7. The van der Waals surface area contributed by atoms with Crippen molar-refractivity contribution in [1.82, 2.24) is 29.9 Å². The Labute approximate surface area is 261 Å². The van der Waals surface area contributed by atoms with Gasteiger partial charge in [-0.3, -0.25) is 9.59 Å². The van der Waals surface area contributed by atoms with Gasteiger partial charge in [-0.25, -0.2) is 29.9 Å². The van der Waals surface area contributed by atoms with Crippen molar-refractivity contribution < 1.29 is 19.1 Å². The molecule has 0 atom stereocenters. The van der Waals surface area contributed by atoms with Crippen LogP contribution in [0, 0.1) is 13.8 Å². The van der Waals surface area contributed by atoms with E-state index in [9.17, 15) is 9.59 Å². The molecule has 0 aliphatic heterocycles. The molecule has 0 saturated heterocycles. The van der Waals surface area contributed by atoms with Crippen LogP contribution in [0.5, 0.6) is 23.0 Å². The summed E-state index contributed by atoms with van der Waals surface area (Å²) in [6.45, 7) is 16.4. The highest BCUT2D eigenvalue weighted by atomic mass is 16.5. The van der Waals surface area contributed by atoms with Gasteiger partial charge in [0.25, 0.3) is 0 Å². The first-order valence-electron chi connectivity index (χ1n) is 14.0. The molecule has 4 aromatic heterocycles. The summed E-state index contributed by atoms with van der Waals surface area (Å²) in [7, 11) is 0. The Balaban J connectivity index is 0.000000246. The van der Waals surface area contributed by atoms with Crippen molar-refractivity contribution in [2.45, 2.75) is 60.3 Å². The number of amides is 2. The van der Waals surface area contributed by atoms with Gasteiger partial charge < -0.3 is 31.6 Å². The molecule has 0 spiro atoms. The van der Waals surface area contributed by atoms with Crippen LogP contribution < -0.4 is 31.6 Å². The van der Waals surface area contributed by atoms with Gasteiger partial charge in [0, 0.05) is 42.6 Å². The lowest BCUT2D eigenvalue weighted by molar-refractivity contribution is -0.114. The van der Waals surface area contributed by atoms with Crippen LogP contribution in [0.1, 0.15) is 69.2 Å². The Morgan fingerprint density at radius 1 is 0.733 bits per heavy atom. The molecule has 236 valence electrons. The van der Waals surface area contributed by atoms with E-state index < -0.39 is 0 Å². The SMILES string of the molecule is C=CC(=O)Nc1cc(Oc2cnc(C)nc2N)c(C(C)C)cn1.CC(=O)Nc1cc(Oc2cnc(C)nc2N)c(C(C)C)cn1. The highest BCUT2D eigenvalue weighted by Gasteiger charge is 2.15. The molecule has 4 aromatic rings. The van der Waals surface area contributed by atoms with Crippen molar-refractivity contribution in [3.05, 3.63) is 72.4 Å². The number of aryl methyl sites for hydroxylation is 2. The third-order valence-electron chi connectivity index (χ3n) is 6.02. The average Bonchev–Trinajstić information content (AvgIpc) is 2.96. The van der Waals surface area contributed by atoms with Crippen LogP contribution in [0.2, 0.25) is 0 Å². The second-order valence-corrected chi connectivity index (χ2v) is 10.4. The quantitative estimate of drug-likeness (QED) is 0.174. The highest BCUT2D eigenvalue weighted by molar-refractivity contribution is 5.98.